The molecule has 5 nitrogen and oxygen atoms in total. The molecule has 25 heavy (non-hydrogen) atoms. The van der Waals surface area contributed by atoms with Crippen molar-refractivity contribution >= 4 is 11.9 Å². The summed E-state index contributed by atoms with van der Waals surface area (Å²) in [4.78, 5) is 23.4. The molecule has 3 rings (SSSR count). The van der Waals surface area contributed by atoms with E-state index in [4.69, 9.17) is 9.84 Å². The van der Waals surface area contributed by atoms with Crippen molar-refractivity contribution in [2.24, 2.45) is 5.92 Å². The SMILES string of the molecule is O=C(O)c1cccc(C(=O)NC[C@H]2CCCO[C@H]2c2ccccc2)c1. The van der Waals surface area contributed by atoms with Crippen molar-refractivity contribution in [2.75, 3.05) is 13.2 Å². The minimum atomic E-state index is -1.04. The highest BCUT2D eigenvalue weighted by Crippen LogP contribution is 2.33. The molecular weight excluding hydrogens is 318 g/mol. The zero-order valence-corrected chi connectivity index (χ0v) is 13.9. The van der Waals surface area contributed by atoms with Gasteiger partial charge >= 0.3 is 5.97 Å². The summed E-state index contributed by atoms with van der Waals surface area (Å²) in [5.74, 6) is -1.11. The second-order valence-corrected chi connectivity index (χ2v) is 6.20. The average Bonchev–Trinajstić information content (AvgIpc) is 2.67. The molecule has 1 aliphatic rings. The van der Waals surface area contributed by atoms with Crippen molar-refractivity contribution in [3.8, 4) is 0 Å². The molecule has 0 radical (unpaired) electrons. The smallest absolute Gasteiger partial charge is 0.335 e. The predicted molar refractivity (Wildman–Crippen MR) is 93.6 cm³/mol. The first kappa shape index (κ1) is 17.2. The third kappa shape index (κ3) is 4.25. The van der Waals surface area contributed by atoms with Gasteiger partial charge in [-0.3, -0.25) is 4.79 Å². The van der Waals surface area contributed by atoms with Crippen molar-refractivity contribution in [3.63, 3.8) is 0 Å². The molecule has 0 aliphatic carbocycles. The molecule has 2 aromatic rings. The molecule has 0 saturated carbocycles. The van der Waals surface area contributed by atoms with Crippen molar-refractivity contribution in [2.45, 2.75) is 18.9 Å². The summed E-state index contributed by atoms with van der Waals surface area (Å²) in [6.45, 7) is 1.22. The van der Waals surface area contributed by atoms with Gasteiger partial charge < -0.3 is 15.2 Å². The molecule has 1 saturated heterocycles. The summed E-state index contributed by atoms with van der Waals surface area (Å²) in [6.07, 6.45) is 1.92. The van der Waals surface area contributed by atoms with Crippen LogP contribution < -0.4 is 5.32 Å². The maximum absolute atomic E-state index is 12.4. The Morgan fingerprint density at radius 1 is 1.08 bits per heavy atom. The molecule has 1 heterocycles. The van der Waals surface area contributed by atoms with Crippen LogP contribution >= 0.6 is 0 Å². The molecule has 1 amide bonds. The van der Waals surface area contributed by atoms with Crippen LogP contribution in [0.2, 0.25) is 0 Å². The topological polar surface area (TPSA) is 75.6 Å². The Kier molecular flexibility index (Phi) is 5.46. The second kappa shape index (κ2) is 7.94. The number of carboxylic acids is 1. The lowest BCUT2D eigenvalue weighted by atomic mass is 9.89. The molecule has 2 aromatic carbocycles. The number of hydrogen-bond acceptors (Lipinski definition) is 3. The van der Waals surface area contributed by atoms with Crippen LogP contribution in [-0.2, 0) is 4.74 Å². The molecule has 2 N–H and O–H groups in total. The lowest BCUT2D eigenvalue weighted by Crippen LogP contribution is -2.35. The maximum atomic E-state index is 12.4. The van der Waals surface area contributed by atoms with E-state index >= 15 is 0 Å². The van der Waals surface area contributed by atoms with E-state index in [1.807, 2.05) is 30.3 Å². The molecule has 130 valence electrons. The van der Waals surface area contributed by atoms with Crippen LogP contribution in [0.3, 0.4) is 0 Å². The largest absolute Gasteiger partial charge is 0.478 e. The molecule has 0 aromatic heterocycles. The molecule has 5 heteroatoms. The minimum absolute atomic E-state index is 0.0272. The van der Waals surface area contributed by atoms with Gasteiger partial charge in [0.15, 0.2) is 0 Å². The number of carboxylic acid groups (broad SMARTS) is 1. The number of ether oxygens (including phenoxy) is 1. The number of aromatic carboxylic acids is 1. The van der Waals surface area contributed by atoms with Crippen LogP contribution in [0, 0.1) is 5.92 Å². The Morgan fingerprint density at radius 2 is 1.84 bits per heavy atom. The Labute approximate surface area is 146 Å². The van der Waals surface area contributed by atoms with Crippen molar-refractivity contribution in [3.05, 3.63) is 71.3 Å². The van der Waals surface area contributed by atoms with Crippen molar-refractivity contribution in [1.29, 1.82) is 0 Å². The van der Waals surface area contributed by atoms with Gasteiger partial charge in [0.1, 0.15) is 0 Å². The summed E-state index contributed by atoms with van der Waals surface area (Å²) in [5.41, 5.74) is 1.58. The number of benzene rings is 2. The Morgan fingerprint density at radius 3 is 2.60 bits per heavy atom. The van der Waals surface area contributed by atoms with E-state index < -0.39 is 5.97 Å². The van der Waals surface area contributed by atoms with Crippen molar-refractivity contribution < 1.29 is 19.4 Å². The predicted octanol–water partition coefficient (Wildman–Crippen LogP) is 3.28. The Balaban J connectivity index is 1.66. The summed E-state index contributed by atoms with van der Waals surface area (Å²) in [5, 5.41) is 12.0. The number of nitrogens with one attached hydrogen (secondary N) is 1. The average molecular weight is 339 g/mol. The number of rotatable bonds is 5. The van der Waals surface area contributed by atoms with Gasteiger partial charge in [0, 0.05) is 24.6 Å². The van der Waals surface area contributed by atoms with Crippen molar-refractivity contribution in [1.82, 2.24) is 5.32 Å². The summed E-state index contributed by atoms with van der Waals surface area (Å²) >= 11 is 0. The zero-order chi connectivity index (χ0) is 17.6. The number of amides is 1. The molecule has 0 spiro atoms. The van der Waals surface area contributed by atoms with Gasteiger partial charge in [0.05, 0.1) is 11.7 Å². The van der Waals surface area contributed by atoms with Crippen LogP contribution in [0.25, 0.3) is 0 Å². The van der Waals surface area contributed by atoms with Crippen LogP contribution in [0.4, 0.5) is 0 Å². The Hall–Kier alpha value is -2.66. The highest BCUT2D eigenvalue weighted by molar-refractivity contribution is 5.97. The number of carbonyl (C=O) groups excluding carboxylic acids is 1. The van der Waals surface area contributed by atoms with Crippen LogP contribution in [-0.4, -0.2) is 30.1 Å². The molecule has 1 aliphatic heterocycles. The first-order valence-electron chi connectivity index (χ1n) is 8.43. The standard InChI is InChI=1S/C20H21NO4/c22-19(15-8-4-9-16(12-15)20(23)24)21-13-17-10-5-11-25-18(17)14-6-2-1-3-7-14/h1-4,6-9,12,17-18H,5,10-11,13H2,(H,21,22)(H,23,24)/t17-,18+/m1/s1. The van der Waals surface area contributed by atoms with Gasteiger partial charge in [-0.25, -0.2) is 4.79 Å². The van der Waals surface area contributed by atoms with Gasteiger partial charge in [-0.1, -0.05) is 36.4 Å². The molecule has 2 atom stereocenters. The molecular formula is C20H21NO4. The van der Waals surface area contributed by atoms with Crippen LogP contribution in [0.15, 0.2) is 54.6 Å². The van der Waals surface area contributed by atoms with E-state index in [0.717, 1.165) is 25.0 Å². The van der Waals surface area contributed by atoms with Crippen LogP contribution in [0.1, 0.15) is 45.2 Å². The number of carbonyl (C=O) groups is 2. The summed E-state index contributed by atoms with van der Waals surface area (Å²) < 4.78 is 5.94. The van der Waals surface area contributed by atoms with Gasteiger partial charge in [0.2, 0.25) is 0 Å². The van der Waals surface area contributed by atoms with E-state index in [0.29, 0.717) is 12.1 Å². The highest BCUT2D eigenvalue weighted by atomic mass is 16.5. The minimum Gasteiger partial charge on any atom is -0.478 e. The van der Waals surface area contributed by atoms with Gasteiger partial charge in [0.25, 0.3) is 5.91 Å². The summed E-state index contributed by atoms with van der Waals surface area (Å²) in [6, 6.07) is 16.1. The van der Waals surface area contributed by atoms with Gasteiger partial charge in [-0.15, -0.1) is 0 Å². The first-order chi connectivity index (χ1) is 12.1. The Bertz CT molecular complexity index is 744. The number of hydrogen-bond donors (Lipinski definition) is 2. The van der Waals surface area contributed by atoms with E-state index in [9.17, 15) is 9.59 Å². The quantitative estimate of drug-likeness (QED) is 0.876. The van der Waals surface area contributed by atoms with E-state index in [-0.39, 0.29) is 23.5 Å². The van der Waals surface area contributed by atoms with Crippen LogP contribution in [0.5, 0.6) is 0 Å². The monoisotopic (exact) mass is 339 g/mol. The fourth-order valence-corrected chi connectivity index (χ4v) is 3.18. The third-order valence-corrected chi connectivity index (χ3v) is 4.47. The second-order valence-electron chi connectivity index (χ2n) is 6.20. The van der Waals surface area contributed by atoms with E-state index in [1.165, 1.54) is 12.1 Å². The van der Waals surface area contributed by atoms with Gasteiger partial charge in [-0.05, 0) is 36.6 Å². The summed E-state index contributed by atoms with van der Waals surface area (Å²) in [7, 11) is 0. The molecule has 1 fully saturated rings. The lowest BCUT2D eigenvalue weighted by Gasteiger charge is -2.32. The van der Waals surface area contributed by atoms with Gasteiger partial charge in [-0.2, -0.15) is 0 Å². The first-order valence-corrected chi connectivity index (χ1v) is 8.43. The fraction of sp³-hybridized carbons (Fsp3) is 0.300. The fourth-order valence-electron chi connectivity index (χ4n) is 3.18. The lowest BCUT2D eigenvalue weighted by molar-refractivity contribution is -0.0272. The van der Waals surface area contributed by atoms with E-state index in [1.54, 1.807) is 12.1 Å². The zero-order valence-electron chi connectivity index (χ0n) is 13.9. The third-order valence-electron chi connectivity index (χ3n) is 4.47. The van der Waals surface area contributed by atoms with E-state index in [2.05, 4.69) is 5.32 Å². The molecule has 0 bridgehead atoms. The normalized spacial score (nSPS) is 20.0. The molecule has 0 unspecified atom stereocenters. The highest BCUT2D eigenvalue weighted by Gasteiger charge is 2.27. The maximum Gasteiger partial charge on any atom is 0.335 e.